The van der Waals surface area contributed by atoms with Crippen LogP contribution in [0.4, 0.5) is 5.69 Å². The van der Waals surface area contributed by atoms with Crippen LogP contribution in [-0.4, -0.2) is 31.4 Å². The number of piperidine rings is 1. The summed E-state index contributed by atoms with van der Waals surface area (Å²) in [6.07, 6.45) is 1.94. The predicted octanol–water partition coefficient (Wildman–Crippen LogP) is 1.37. The van der Waals surface area contributed by atoms with Crippen LogP contribution >= 0.6 is 0 Å². The van der Waals surface area contributed by atoms with Crippen molar-refractivity contribution >= 4 is 17.5 Å². The van der Waals surface area contributed by atoms with E-state index in [1.807, 2.05) is 6.92 Å². The first-order valence-corrected chi connectivity index (χ1v) is 7.10. The molecule has 1 aliphatic rings. The predicted molar refractivity (Wildman–Crippen MR) is 78.7 cm³/mol. The SMILES string of the molecule is CCNC(=O)c1cccc(NC(=O)C2CCCNC2)c1. The number of carbonyl (C=O) groups excluding carboxylic acids is 2. The second-order valence-corrected chi connectivity index (χ2v) is 4.97. The van der Waals surface area contributed by atoms with Gasteiger partial charge in [0, 0.05) is 24.3 Å². The standard InChI is InChI=1S/C15H21N3O2/c1-2-17-14(19)11-5-3-7-13(9-11)18-15(20)12-6-4-8-16-10-12/h3,5,7,9,12,16H,2,4,6,8,10H2,1H3,(H,17,19)(H,18,20). The minimum absolute atomic E-state index is 0.0110. The Balaban J connectivity index is 2.00. The third-order valence-corrected chi connectivity index (χ3v) is 3.40. The Labute approximate surface area is 119 Å². The van der Waals surface area contributed by atoms with Crippen molar-refractivity contribution in [2.24, 2.45) is 5.92 Å². The normalized spacial score (nSPS) is 18.4. The lowest BCUT2D eigenvalue weighted by Crippen LogP contribution is -2.37. The number of hydrogen-bond acceptors (Lipinski definition) is 3. The van der Waals surface area contributed by atoms with Crippen LogP contribution in [0.1, 0.15) is 30.1 Å². The lowest BCUT2D eigenvalue weighted by molar-refractivity contribution is -0.120. The molecule has 5 heteroatoms. The first kappa shape index (κ1) is 14.5. The molecule has 1 fully saturated rings. The Morgan fingerprint density at radius 3 is 2.95 bits per heavy atom. The van der Waals surface area contributed by atoms with E-state index in [1.165, 1.54) is 0 Å². The fourth-order valence-electron chi connectivity index (χ4n) is 2.32. The summed E-state index contributed by atoms with van der Waals surface area (Å²) < 4.78 is 0. The van der Waals surface area contributed by atoms with Crippen LogP contribution in [0, 0.1) is 5.92 Å². The van der Waals surface area contributed by atoms with Crippen LogP contribution in [0.25, 0.3) is 0 Å². The van der Waals surface area contributed by atoms with Crippen molar-refractivity contribution in [1.29, 1.82) is 0 Å². The molecule has 0 saturated carbocycles. The Bertz CT molecular complexity index is 482. The minimum Gasteiger partial charge on any atom is -0.352 e. The van der Waals surface area contributed by atoms with Gasteiger partial charge in [-0.25, -0.2) is 0 Å². The molecular weight excluding hydrogens is 254 g/mol. The maximum atomic E-state index is 12.1. The summed E-state index contributed by atoms with van der Waals surface area (Å²) in [6.45, 7) is 4.17. The first-order chi connectivity index (χ1) is 9.70. The number of hydrogen-bond donors (Lipinski definition) is 3. The summed E-state index contributed by atoms with van der Waals surface area (Å²) in [5.41, 5.74) is 1.23. The number of anilines is 1. The molecule has 1 aromatic rings. The van der Waals surface area contributed by atoms with E-state index >= 15 is 0 Å². The Morgan fingerprint density at radius 2 is 2.25 bits per heavy atom. The number of rotatable bonds is 4. The van der Waals surface area contributed by atoms with Gasteiger partial charge >= 0.3 is 0 Å². The molecule has 1 heterocycles. The lowest BCUT2D eigenvalue weighted by Gasteiger charge is -2.22. The maximum absolute atomic E-state index is 12.1. The van der Waals surface area contributed by atoms with Crippen LogP contribution < -0.4 is 16.0 Å². The van der Waals surface area contributed by atoms with Gasteiger partial charge in [-0.1, -0.05) is 6.07 Å². The Kier molecular flexibility index (Phi) is 5.12. The van der Waals surface area contributed by atoms with Crippen LogP contribution in [0.5, 0.6) is 0 Å². The van der Waals surface area contributed by atoms with E-state index in [0.29, 0.717) is 17.8 Å². The van der Waals surface area contributed by atoms with Crippen molar-refractivity contribution < 1.29 is 9.59 Å². The van der Waals surface area contributed by atoms with E-state index in [9.17, 15) is 9.59 Å². The van der Waals surface area contributed by atoms with E-state index in [2.05, 4.69) is 16.0 Å². The molecule has 0 bridgehead atoms. The average molecular weight is 275 g/mol. The molecule has 2 amide bonds. The van der Waals surface area contributed by atoms with Crippen LogP contribution in [-0.2, 0) is 4.79 Å². The van der Waals surface area contributed by atoms with Gasteiger partial charge in [-0.05, 0) is 44.5 Å². The molecule has 0 aromatic heterocycles. The van der Waals surface area contributed by atoms with Crippen molar-refractivity contribution in [3.05, 3.63) is 29.8 Å². The first-order valence-electron chi connectivity index (χ1n) is 7.10. The summed E-state index contributed by atoms with van der Waals surface area (Å²) in [7, 11) is 0. The van der Waals surface area contributed by atoms with Crippen molar-refractivity contribution in [2.45, 2.75) is 19.8 Å². The maximum Gasteiger partial charge on any atom is 0.251 e. The highest BCUT2D eigenvalue weighted by molar-refractivity contribution is 5.97. The van der Waals surface area contributed by atoms with Gasteiger partial charge in [-0.2, -0.15) is 0 Å². The molecule has 20 heavy (non-hydrogen) atoms. The quantitative estimate of drug-likeness (QED) is 0.777. The third-order valence-electron chi connectivity index (χ3n) is 3.40. The molecule has 5 nitrogen and oxygen atoms in total. The molecule has 0 aliphatic carbocycles. The van der Waals surface area contributed by atoms with Crippen LogP contribution in [0.15, 0.2) is 24.3 Å². The molecule has 1 aliphatic heterocycles. The molecule has 1 saturated heterocycles. The van der Waals surface area contributed by atoms with Gasteiger partial charge in [0.2, 0.25) is 5.91 Å². The smallest absolute Gasteiger partial charge is 0.251 e. The van der Waals surface area contributed by atoms with Gasteiger partial charge in [0.25, 0.3) is 5.91 Å². The molecule has 0 radical (unpaired) electrons. The topological polar surface area (TPSA) is 70.2 Å². The second-order valence-electron chi connectivity index (χ2n) is 4.97. The highest BCUT2D eigenvalue weighted by Gasteiger charge is 2.20. The van der Waals surface area contributed by atoms with Gasteiger partial charge < -0.3 is 16.0 Å². The summed E-state index contributed by atoms with van der Waals surface area (Å²) in [5, 5.41) is 8.86. The molecule has 1 aromatic carbocycles. The average Bonchev–Trinajstić information content (AvgIpc) is 2.48. The van der Waals surface area contributed by atoms with Crippen molar-refractivity contribution in [3.8, 4) is 0 Å². The molecule has 108 valence electrons. The van der Waals surface area contributed by atoms with Gasteiger partial charge in [0.1, 0.15) is 0 Å². The molecular formula is C15H21N3O2. The van der Waals surface area contributed by atoms with E-state index in [1.54, 1.807) is 24.3 Å². The molecule has 1 atom stereocenters. The van der Waals surface area contributed by atoms with E-state index in [0.717, 1.165) is 25.9 Å². The highest BCUT2D eigenvalue weighted by Crippen LogP contribution is 2.15. The van der Waals surface area contributed by atoms with Gasteiger partial charge in [0.05, 0.1) is 5.92 Å². The zero-order valence-electron chi connectivity index (χ0n) is 11.7. The Morgan fingerprint density at radius 1 is 1.40 bits per heavy atom. The molecule has 0 spiro atoms. The fraction of sp³-hybridized carbons (Fsp3) is 0.467. The molecule has 2 rings (SSSR count). The fourth-order valence-corrected chi connectivity index (χ4v) is 2.32. The lowest BCUT2D eigenvalue weighted by atomic mass is 9.99. The Hall–Kier alpha value is -1.88. The highest BCUT2D eigenvalue weighted by atomic mass is 16.2. The third kappa shape index (κ3) is 3.81. The number of nitrogens with one attached hydrogen (secondary N) is 3. The monoisotopic (exact) mass is 275 g/mol. The van der Waals surface area contributed by atoms with Gasteiger partial charge in [-0.3, -0.25) is 9.59 Å². The van der Waals surface area contributed by atoms with Crippen LogP contribution in [0.3, 0.4) is 0 Å². The number of benzene rings is 1. The zero-order valence-corrected chi connectivity index (χ0v) is 11.7. The largest absolute Gasteiger partial charge is 0.352 e. The van der Waals surface area contributed by atoms with Crippen molar-refractivity contribution in [1.82, 2.24) is 10.6 Å². The zero-order chi connectivity index (χ0) is 14.4. The van der Waals surface area contributed by atoms with Crippen LogP contribution in [0.2, 0.25) is 0 Å². The van der Waals surface area contributed by atoms with E-state index in [-0.39, 0.29) is 17.7 Å². The molecule has 1 unspecified atom stereocenters. The van der Waals surface area contributed by atoms with E-state index < -0.39 is 0 Å². The summed E-state index contributed by atoms with van der Waals surface area (Å²) in [4.78, 5) is 23.9. The summed E-state index contributed by atoms with van der Waals surface area (Å²) >= 11 is 0. The molecule has 3 N–H and O–H groups in total. The summed E-state index contributed by atoms with van der Waals surface area (Å²) in [5.74, 6) is -0.0925. The minimum atomic E-state index is -0.122. The number of carbonyl (C=O) groups is 2. The number of amides is 2. The van der Waals surface area contributed by atoms with E-state index in [4.69, 9.17) is 0 Å². The van der Waals surface area contributed by atoms with Gasteiger partial charge in [0.15, 0.2) is 0 Å². The van der Waals surface area contributed by atoms with Crippen molar-refractivity contribution in [3.63, 3.8) is 0 Å². The van der Waals surface area contributed by atoms with Crippen molar-refractivity contribution in [2.75, 3.05) is 25.0 Å². The second kappa shape index (κ2) is 7.05. The summed E-state index contributed by atoms with van der Waals surface area (Å²) in [6, 6.07) is 7.03. The van der Waals surface area contributed by atoms with Gasteiger partial charge in [-0.15, -0.1) is 0 Å².